The molecule has 1 aromatic rings. The van der Waals surface area contributed by atoms with Gasteiger partial charge in [-0.3, -0.25) is 9.59 Å². The second-order valence-electron chi connectivity index (χ2n) is 7.33. The molecule has 1 heterocycles. The van der Waals surface area contributed by atoms with Crippen LogP contribution in [-0.2, 0) is 4.79 Å². The number of carbonyl (C=O) groups excluding carboxylic acids is 2. The molecule has 1 aromatic heterocycles. The first kappa shape index (κ1) is 26.1. The third kappa shape index (κ3) is 13.3. The smallest absolute Gasteiger partial charge is 0.286 e. The highest BCUT2D eigenvalue weighted by molar-refractivity contribution is 5.91. The predicted octanol–water partition coefficient (Wildman–Crippen LogP) is 0.322. The second kappa shape index (κ2) is 17.9. The predicted molar refractivity (Wildman–Crippen MR) is 119 cm³/mol. The van der Waals surface area contributed by atoms with Crippen LogP contribution >= 0.6 is 0 Å². The van der Waals surface area contributed by atoms with Crippen LogP contribution in [0.2, 0.25) is 0 Å². The summed E-state index contributed by atoms with van der Waals surface area (Å²) in [6.45, 7) is 5.79. The van der Waals surface area contributed by atoms with E-state index < -0.39 is 6.04 Å². The molecule has 0 fully saturated rings. The molecule has 1 unspecified atom stereocenters. The molecule has 0 radical (unpaired) electrons. The van der Waals surface area contributed by atoms with E-state index in [-0.39, 0.29) is 11.8 Å². The monoisotopic (exact) mass is 424 g/mol. The summed E-state index contributed by atoms with van der Waals surface area (Å²) in [5.74, 6) is -0.0380. The van der Waals surface area contributed by atoms with Crippen molar-refractivity contribution < 1.29 is 14.0 Å². The minimum Gasteiger partial charge on any atom is -0.459 e. The molecule has 9 nitrogen and oxygen atoms in total. The molecule has 30 heavy (non-hydrogen) atoms. The summed E-state index contributed by atoms with van der Waals surface area (Å²) in [6.07, 6.45) is 7.79. The van der Waals surface area contributed by atoms with E-state index in [9.17, 15) is 9.59 Å². The zero-order valence-electron chi connectivity index (χ0n) is 18.1. The summed E-state index contributed by atoms with van der Waals surface area (Å²) in [5, 5.41) is 12.4. The molecule has 9 heteroatoms. The van der Waals surface area contributed by atoms with Crippen LogP contribution in [-0.4, -0.2) is 63.7 Å². The molecule has 0 aromatic carbocycles. The van der Waals surface area contributed by atoms with Crippen LogP contribution in [0.25, 0.3) is 0 Å². The summed E-state index contributed by atoms with van der Waals surface area (Å²) < 4.78 is 5.02. The summed E-state index contributed by atoms with van der Waals surface area (Å²) in [5.41, 5.74) is 11.4. The van der Waals surface area contributed by atoms with Crippen LogP contribution in [0.5, 0.6) is 0 Å². The summed E-state index contributed by atoms with van der Waals surface area (Å²) in [4.78, 5) is 23.7. The third-order valence-corrected chi connectivity index (χ3v) is 4.65. The molecular formula is C21H40N6O3. The maximum atomic E-state index is 12.0. The maximum Gasteiger partial charge on any atom is 0.286 e. The normalized spacial score (nSPS) is 11.9. The van der Waals surface area contributed by atoms with E-state index in [1.54, 1.807) is 12.1 Å². The van der Waals surface area contributed by atoms with Gasteiger partial charge in [0, 0.05) is 13.1 Å². The standard InChI is InChI=1S/C21H40N6O3/c22-10-6-13-24-11-3-4-12-25-14-7-16-26-20(28)18(23)8-1-2-15-27-21(29)19-9-5-17-30-19/h5,9,17-18,24-25H,1-4,6-8,10-16,22-23H2,(H,26,28)(H,27,29). The number of carbonyl (C=O) groups is 2. The Hall–Kier alpha value is -1.94. The molecule has 8 N–H and O–H groups in total. The Labute approximate surface area is 180 Å². The number of hydrogen-bond donors (Lipinski definition) is 6. The van der Waals surface area contributed by atoms with Gasteiger partial charge in [0.1, 0.15) is 0 Å². The summed E-state index contributed by atoms with van der Waals surface area (Å²) in [6, 6.07) is 2.79. The van der Waals surface area contributed by atoms with Gasteiger partial charge in [-0.25, -0.2) is 0 Å². The lowest BCUT2D eigenvalue weighted by atomic mass is 10.1. The molecular weight excluding hydrogens is 384 g/mol. The van der Waals surface area contributed by atoms with Crippen molar-refractivity contribution in [3.8, 4) is 0 Å². The van der Waals surface area contributed by atoms with Gasteiger partial charge in [-0.15, -0.1) is 0 Å². The number of unbranched alkanes of at least 4 members (excludes halogenated alkanes) is 2. The number of rotatable bonds is 19. The lowest BCUT2D eigenvalue weighted by Crippen LogP contribution is -2.41. The topological polar surface area (TPSA) is 147 Å². The van der Waals surface area contributed by atoms with Gasteiger partial charge in [-0.05, 0) is 89.8 Å². The van der Waals surface area contributed by atoms with E-state index in [2.05, 4.69) is 21.3 Å². The molecule has 172 valence electrons. The Morgan fingerprint density at radius 2 is 1.50 bits per heavy atom. The van der Waals surface area contributed by atoms with Gasteiger partial charge in [0.2, 0.25) is 5.91 Å². The van der Waals surface area contributed by atoms with Crippen LogP contribution in [0.15, 0.2) is 22.8 Å². The zero-order chi connectivity index (χ0) is 21.9. The highest BCUT2D eigenvalue weighted by Gasteiger charge is 2.12. The highest BCUT2D eigenvalue weighted by atomic mass is 16.3. The minimum absolute atomic E-state index is 0.113. The first-order valence-electron chi connectivity index (χ1n) is 11.1. The van der Waals surface area contributed by atoms with E-state index >= 15 is 0 Å². The Kier molecular flexibility index (Phi) is 15.6. The van der Waals surface area contributed by atoms with Gasteiger partial charge < -0.3 is 37.2 Å². The van der Waals surface area contributed by atoms with Crippen molar-refractivity contribution in [3.05, 3.63) is 24.2 Å². The fourth-order valence-corrected chi connectivity index (χ4v) is 2.85. The van der Waals surface area contributed by atoms with E-state index in [0.29, 0.717) is 25.3 Å². The number of hydrogen-bond acceptors (Lipinski definition) is 7. The van der Waals surface area contributed by atoms with Crippen molar-refractivity contribution in [2.45, 2.75) is 51.0 Å². The Morgan fingerprint density at radius 3 is 2.17 bits per heavy atom. The number of furan rings is 1. The van der Waals surface area contributed by atoms with Gasteiger partial charge in [-0.2, -0.15) is 0 Å². The Balaban J connectivity index is 1.87. The highest BCUT2D eigenvalue weighted by Crippen LogP contribution is 2.01. The van der Waals surface area contributed by atoms with E-state index in [4.69, 9.17) is 15.9 Å². The molecule has 0 aliphatic carbocycles. The van der Waals surface area contributed by atoms with Crippen molar-refractivity contribution in [1.82, 2.24) is 21.3 Å². The maximum absolute atomic E-state index is 12.0. The summed E-state index contributed by atoms with van der Waals surface area (Å²) in [7, 11) is 0. The lowest BCUT2D eigenvalue weighted by molar-refractivity contribution is -0.122. The van der Waals surface area contributed by atoms with Crippen molar-refractivity contribution >= 4 is 11.8 Å². The van der Waals surface area contributed by atoms with Crippen LogP contribution in [0.3, 0.4) is 0 Å². The molecule has 2 amide bonds. The molecule has 0 aliphatic heterocycles. The quantitative estimate of drug-likeness (QED) is 0.175. The van der Waals surface area contributed by atoms with Crippen LogP contribution in [0, 0.1) is 0 Å². The largest absolute Gasteiger partial charge is 0.459 e. The SMILES string of the molecule is NCCCNCCCCNCCCNC(=O)C(N)CCCCNC(=O)c1ccco1. The van der Waals surface area contributed by atoms with Gasteiger partial charge in [0.25, 0.3) is 5.91 Å². The Morgan fingerprint density at radius 1 is 0.867 bits per heavy atom. The number of amides is 2. The van der Waals surface area contributed by atoms with Crippen molar-refractivity contribution in [3.63, 3.8) is 0 Å². The molecule has 0 bridgehead atoms. The van der Waals surface area contributed by atoms with Gasteiger partial charge in [-0.1, -0.05) is 0 Å². The van der Waals surface area contributed by atoms with E-state index in [1.165, 1.54) is 6.26 Å². The van der Waals surface area contributed by atoms with E-state index in [1.807, 2.05) is 0 Å². The average Bonchev–Trinajstić information content (AvgIpc) is 3.29. The first-order valence-corrected chi connectivity index (χ1v) is 11.1. The number of nitrogens with two attached hydrogens (primary N) is 2. The van der Waals surface area contributed by atoms with Gasteiger partial charge in [0.05, 0.1) is 12.3 Å². The number of nitrogens with one attached hydrogen (secondary N) is 4. The van der Waals surface area contributed by atoms with Crippen molar-refractivity contribution in [1.29, 1.82) is 0 Å². The van der Waals surface area contributed by atoms with Gasteiger partial charge >= 0.3 is 0 Å². The molecule has 1 rings (SSSR count). The first-order chi connectivity index (χ1) is 14.6. The third-order valence-electron chi connectivity index (χ3n) is 4.65. The lowest BCUT2D eigenvalue weighted by Gasteiger charge is -2.12. The Bertz CT molecular complexity index is 553. The molecule has 1 atom stereocenters. The molecule has 0 aliphatic rings. The second-order valence-corrected chi connectivity index (χ2v) is 7.33. The molecule has 0 saturated carbocycles. The van der Waals surface area contributed by atoms with Gasteiger partial charge in [0.15, 0.2) is 5.76 Å². The zero-order valence-corrected chi connectivity index (χ0v) is 18.1. The fraction of sp³-hybridized carbons (Fsp3) is 0.714. The summed E-state index contributed by atoms with van der Waals surface area (Å²) >= 11 is 0. The van der Waals surface area contributed by atoms with Crippen LogP contribution in [0.4, 0.5) is 0 Å². The molecule has 0 spiro atoms. The fourth-order valence-electron chi connectivity index (χ4n) is 2.85. The van der Waals surface area contributed by atoms with Crippen LogP contribution < -0.4 is 32.7 Å². The van der Waals surface area contributed by atoms with Crippen molar-refractivity contribution in [2.24, 2.45) is 11.5 Å². The molecule has 0 saturated heterocycles. The van der Waals surface area contributed by atoms with Crippen molar-refractivity contribution in [2.75, 3.05) is 45.8 Å². The van der Waals surface area contributed by atoms with E-state index in [0.717, 1.165) is 71.2 Å². The minimum atomic E-state index is -0.509. The van der Waals surface area contributed by atoms with Crippen LogP contribution in [0.1, 0.15) is 55.5 Å². The average molecular weight is 425 g/mol.